The third-order valence-electron chi connectivity index (χ3n) is 2.48. The lowest BCUT2D eigenvalue weighted by Gasteiger charge is -2.31. The average molecular weight is 225 g/mol. The van der Waals surface area contributed by atoms with Gasteiger partial charge >= 0.3 is 0 Å². The molecule has 1 atom stereocenters. The number of aliphatic hydroxyl groups is 1. The van der Waals surface area contributed by atoms with E-state index in [1.54, 1.807) is 12.1 Å². The maximum absolute atomic E-state index is 13.5. The summed E-state index contributed by atoms with van der Waals surface area (Å²) < 4.78 is 18.5. The molecule has 1 aromatic rings. The quantitative estimate of drug-likeness (QED) is 0.799. The van der Waals surface area contributed by atoms with Gasteiger partial charge in [-0.05, 0) is 12.1 Å². The van der Waals surface area contributed by atoms with E-state index in [0.29, 0.717) is 0 Å². The van der Waals surface area contributed by atoms with Gasteiger partial charge in [-0.15, -0.1) is 0 Å². The second kappa shape index (κ2) is 4.59. The zero-order valence-electron chi connectivity index (χ0n) is 8.60. The number of halogens is 1. The second-order valence-electron chi connectivity index (χ2n) is 3.57. The monoisotopic (exact) mass is 225 g/mol. The van der Waals surface area contributed by atoms with Gasteiger partial charge in [-0.25, -0.2) is 4.39 Å². The molecule has 4 nitrogen and oxygen atoms in total. The van der Waals surface area contributed by atoms with E-state index >= 15 is 0 Å². The molecule has 1 N–H and O–H groups in total. The molecule has 5 heteroatoms. The van der Waals surface area contributed by atoms with Gasteiger partial charge in [-0.2, -0.15) is 0 Å². The standard InChI is InChI=1S/C11H12FNO3/c12-9-3-1-2-4-10(9)13-5-8(6-14)16-7-11(13)15/h1-4,8,14H,5-7H2. The first-order valence-electron chi connectivity index (χ1n) is 4.99. The summed E-state index contributed by atoms with van der Waals surface area (Å²) in [5.74, 6) is -0.746. The van der Waals surface area contributed by atoms with Gasteiger partial charge in [0.25, 0.3) is 5.91 Å². The summed E-state index contributed by atoms with van der Waals surface area (Å²) in [6, 6.07) is 6.06. The number of nitrogens with zero attached hydrogens (tertiary/aromatic N) is 1. The molecule has 1 aromatic carbocycles. The molecule has 2 rings (SSSR count). The number of aliphatic hydroxyl groups excluding tert-OH is 1. The molecule has 0 bridgehead atoms. The normalized spacial score (nSPS) is 21.2. The summed E-state index contributed by atoms with van der Waals surface area (Å²) in [5.41, 5.74) is 0.231. The van der Waals surface area contributed by atoms with Crippen molar-refractivity contribution in [1.29, 1.82) is 0 Å². The lowest BCUT2D eigenvalue weighted by atomic mass is 10.2. The van der Waals surface area contributed by atoms with E-state index in [-0.39, 0.29) is 31.4 Å². The van der Waals surface area contributed by atoms with Crippen molar-refractivity contribution in [3.63, 3.8) is 0 Å². The Balaban J connectivity index is 2.25. The van der Waals surface area contributed by atoms with Gasteiger partial charge in [-0.3, -0.25) is 4.79 Å². The predicted octanol–water partition coefficient (Wildman–Crippen LogP) is 0.550. The fourth-order valence-electron chi connectivity index (χ4n) is 1.64. The Morgan fingerprint density at radius 2 is 2.25 bits per heavy atom. The number of rotatable bonds is 2. The number of para-hydroxylation sites is 1. The van der Waals surface area contributed by atoms with Crippen molar-refractivity contribution < 1.29 is 19.0 Å². The zero-order chi connectivity index (χ0) is 11.5. The van der Waals surface area contributed by atoms with Crippen molar-refractivity contribution in [1.82, 2.24) is 0 Å². The Bertz CT molecular complexity index is 397. The van der Waals surface area contributed by atoms with E-state index in [1.165, 1.54) is 17.0 Å². The summed E-state index contributed by atoms with van der Waals surface area (Å²) in [6.45, 7) is -0.131. The number of amides is 1. The molecule has 86 valence electrons. The van der Waals surface area contributed by atoms with Crippen LogP contribution in [0.2, 0.25) is 0 Å². The van der Waals surface area contributed by atoms with Crippen molar-refractivity contribution in [2.75, 3.05) is 24.7 Å². The third kappa shape index (κ3) is 2.05. The van der Waals surface area contributed by atoms with E-state index in [9.17, 15) is 9.18 Å². The van der Waals surface area contributed by atoms with E-state index in [0.717, 1.165) is 0 Å². The number of hydrogen-bond acceptors (Lipinski definition) is 3. The maximum atomic E-state index is 13.5. The molecule has 1 fully saturated rings. The summed E-state index contributed by atoms with van der Waals surface area (Å²) >= 11 is 0. The fraction of sp³-hybridized carbons (Fsp3) is 0.364. The average Bonchev–Trinajstić information content (AvgIpc) is 2.31. The zero-order valence-corrected chi connectivity index (χ0v) is 8.60. The van der Waals surface area contributed by atoms with Crippen molar-refractivity contribution in [2.24, 2.45) is 0 Å². The molecule has 0 radical (unpaired) electrons. The Hall–Kier alpha value is -1.46. The smallest absolute Gasteiger partial charge is 0.253 e. The number of morpholine rings is 1. The minimum absolute atomic E-state index is 0.125. The van der Waals surface area contributed by atoms with E-state index in [1.807, 2.05) is 0 Å². The van der Waals surface area contributed by atoms with Gasteiger partial charge in [0.05, 0.1) is 24.9 Å². The molecule has 1 aliphatic heterocycles. The third-order valence-corrected chi connectivity index (χ3v) is 2.48. The van der Waals surface area contributed by atoms with Crippen LogP contribution >= 0.6 is 0 Å². The van der Waals surface area contributed by atoms with Crippen molar-refractivity contribution >= 4 is 11.6 Å². The van der Waals surface area contributed by atoms with Crippen LogP contribution in [0.1, 0.15) is 0 Å². The summed E-state index contributed by atoms with van der Waals surface area (Å²) in [7, 11) is 0. The highest BCUT2D eigenvalue weighted by Crippen LogP contribution is 2.21. The Morgan fingerprint density at radius 1 is 1.50 bits per heavy atom. The first-order chi connectivity index (χ1) is 7.72. The number of ether oxygens (including phenoxy) is 1. The van der Waals surface area contributed by atoms with Crippen molar-refractivity contribution in [3.8, 4) is 0 Å². The van der Waals surface area contributed by atoms with E-state index in [2.05, 4.69) is 0 Å². The fourth-order valence-corrected chi connectivity index (χ4v) is 1.64. The van der Waals surface area contributed by atoms with Gasteiger partial charge in [0, 0.05) is 0 Å². The lowest BCUT2D eigenvalue weighted by Crippen LogP contribution is -2.48. The number of hydrogen-bond donors (Lipinski definition) is 1. The largest absolute Gasteiger partial charge is 0.394 e. The van der Waals surface area contributed by atoms with Gasteiger partial charge in [0.1, 0.15) is 12.4 Å². The van der Waals surface area contributed by atoms with Gasteiger partial charge in [-0.1, -0.05) is 12.1 Å². The molecule has 1 unspecified atom stereocenters. The maximum Gasteiger partial charge on any atom is 0.253 e. The van der Waals surface area contributed by atoms with Crippen LogP contribution in [-0.2, 0) is 9.53 Å². The minimum Gasteiger partial charge on any atom is -0.394 e. The molecular weight excluding hydrogens is 213 g/mol. The molecular formula is C11H12FNO3. The first-order valence-corrected chi connectivity index (χ1v) is 4.99. The van der Waals surface area contributed by atoms with Crippen molar-refractivity contribution in [3.05, 3.63) is 30.1 Å². The Kier molecular flexibility index (Phi) is 3.17. The molecule has 0 spiro atoms. The number of carbonyl (C=O) groups is 1. The SMILES string of the molecule is O=C1COC(CO)CN1c1ccccc1F. The molecule has 1 aliphatic rings. The molecule has 1 amide bonds. The molecule has 1 saturated heterocycles. The van der Waals surface area contributed by atoms with Crippen LogP contribution in [0.5, 0.6) is 0 Å². The highest BCUT2D eigenvalue weighted by atomic mass is 19.1. The minimum atomic E-state index is -0.450. The van der Waals surface area contributed by atoms with Crippen LogP contribution in [0.15, 0.2) is 24.3 Å². The van der Waals surface area contributed by atoms with Crippen LogP contribution in [0.3, 0.4) is 0 Å². The molecule has 16 heavy (non-hydrogen) atoms. The van der Waals surface area contributed by atoms with E-state index in [4.69, 9.17) is 9.84 Å². The Labute approximate surface area is 92.2 Å². The molecule has 0 saturated carbocycles. The van der Waals surface area contributed by atoms with Crippen molar-refractivity contribution in [2.45, 2.75) is 6.10 Å². The second-order valence-corrected chi connectivity index (χ2v) is 3.57. The van der Waals surface area contributed by atoms with Crippen LogP contribution < -0.4 is 4.90 Å². The molecule has 0 aliphatic carbocycles. The van der Waals surface area contributed by atoms with Gasteiger partial charge < -0.3 is 14.7 Å². The van der Waals surface area contributed by atoms with Gasteiger partial charge in [0.2, 0.25) is 0 Å². The van der Waals surface area contributed by atoms with Crippen LogP contribution in [0.4, 0.5) is 10.1 Å². The van der Waals surface area contributed by atoms with Crippen LogP contribution in [-0.4, -0.2) is 36.9 Å². The van der Waals surface area contributed by atoms with E-state index < -0.39 is 11.9 Å². The molecule has 1 heterocycles. The van der Waals surface area contributed by atoms with Crippen LogP contribution in [0.25, 0.3) is 0 Å². The number of benzene rings is 1. The van der Waals surface area contributed by atoms with Crippen LogP contribution in [0, 0.1) is 5.82 Å². The summed E-state index contributed by atoms with van der Waals surface area (Å²) in [4.78, 5) is 12.9. The first kappa shape index (κ1) is 11.0. The highest BCUT2D eigenvalue weighted by molar-refractivity contribution is 5.95. The Morgan fingerprint density at radius 3 is 2.94 bits per heavy atom. The summed E-state index contributed by atoms with van der Waals surface area (Å²) in [5, 5.41) is 8.95. The van der Waals surface area contributed by atoms with Gasteiger partial charge in [0.15, 0.2) is 0 Å². The predicted molar refractivity (Wildman–Crippen MR) is 55.6 cm³/mol. The summed E-state index contributed by atoms with van der Waals surface area (Å²) in [6.07, 6.45) is -0.447. The number of carbonyl (C=O) groups excluding carboxylic acids is 1. The molecule has 0 aromatic heterocycles. The topological polar surface area (TPSA) is 49.8 Å². The number of anilines is 1. The lowest BCUT2D eigenvalue weighted by molar-refractivity contribution is -0.130. The highest BCUT2D eigenvalue weighted by Gasteiger charge is 2.28.